The lowest BCUT2D eigenvalue weighted by Gasteiger charge is -2.24. The zero-order valence-electron chi connectivity index (χ0n) is 21.5. The van der Waals surface area contributed by atoms with Gasteiger partial charge in [-0.25, -0.2) is 9.97 Å². The SMILES string of the molecule is Cc1ccc(N(c2ccccc2)c2cccc(-c3cccc4c3oc3ccccc34)n2)nc1-c1ccccc1. The Morgan fingerprint density at radius 2 is 1.26 bits per heavy atom. The molecule has 0 saturated carbocycles. The van der Waals surface area contributed by atoms with Crippen LogP contribution in [0.4, 0.5) is 17.3 Å². The summed E-state index contributed by atoms with van der Waals surface area (Å²) < 4.78 is 6.32. The van der Waals surface area contributed by atoms with Crippen molar-refractivity contribution in [2.45, 2.75) is 6.92 Å². The van der Waals surface area contributed by atoms with Crippen molar-refractivity contribution in [1.82, 2.24) is 9.97 Å². The highest BCUT2D eigenvalue weighted by Gasteiger charge is 2.19. The summed E-state index contributed by atoms with van der Waals surface area (Å²) in [6, 6.07) is 45.2. The minimum atomic E-state index is 0.780. The predicted octanol–water partition coefficient (Wildman–Crippen LogP) is 9.49. The molecule has 0 aliphatic rings. The first-order valence-electron chi connectivity index (χ1n) is 13.0. The fraction of sp³-hybridized carbons (Fsp3) is 0.0286. The van der Waals surface area contributed by atoms with Crippen LogP contribution < -0.4 is 4.90 Å². The van der Waals surface area contributed by atoms with Gasteiger partial charge in [-0.3, -0.25) is 4.90 Å². The number of hydrogen-bond donors (Lipinski definition) is 0. The molecule has 0 amide bonds. The van der Waals surface area contributed by atoms with E-state index in [2.05, 4.69) is 72.5 Å². The highest BCUT2D eigenvalue weighted by Crippen LogP contribution is 2.38. The van der Waals surface area contributed by atoms with Gasteiger partial charge < -0.3 is 4.42 Å². The molecule has 0 saturated heterocycles. The highest BCUT2D eigenvalue weighted by molar-refractivity contribution is 6.09. The number of hydrogen-bond acceptors (Lipinski definition) is 4. The maximum atomic E-state index is 6.32. The van der Waals surface area contributed by atoms with Crippen LogP contribution in [0.5, 0.6) is 0 Å². The Balaban J connectivity index is 1.40. The summed E-state index contributed by atoms with van der Waals surface area (Å²) in [5, 5.41) is 2.19. The summed E-state index contributed by atoms with van der Waals surface area (Å²) in [5.74, 6) is 1.58. The van der Waals surface area contributed by atoms with Crippen LogP contribution in [0.1, 0.15) is 5.56 Å². The Kier molecular flexibility index (Phi) is 5.64. The first-order valence-corrected chi connectivity index (χ1v) is 13.0. The second kappa shape index (κ2) is 9.58. The monoisotopic (exact) mass is 503 g/mol. The Bertz CT molecular complexity index is 1930. The first-order chi connectivity index (χ1) is 19.3. The number of fused-ring (bicyclic) bond motifs is 3. The fourth-order valence-corrected chi connectivity index (χ4v) is 5.14. The zero-order valence-corrected chi connectivity index (χ0v) is 21.5. The lowest BCUT2D eigenvalue weighted by molar-refractivity contribution is 0.670. The molecule has 7 aromatic rings. The average Bonchev–Trinajstić information content (AvgIpc) is 3.38. The minimum absolute atomic E-state index is 0.780. The third-order valence-corrected chi connectivity index (χ3v) is 7.02. The van der Waals surface area contributed by atoms with E-state index in [0.717, 1.165) is 67.3 Å². The smallest absolute Gasteiger partial charge is 0.144 e. The third kappa shape index (κ3) is 4.12. The van der Waals surface area contributed by atoms with E-state index in [1.54, 1.807) is 0 Å². The van der Waals surface area contributed by atoms with E-state index in [9.17, 15) is 0 Å². The van der Waals surface area contributed by atoms with Crippen molar-refractivity contribution < 1.29 is 4.42 Å². The maximum Gasteiger partial charge on any atom is 0.144 e. The quantitative estimate of drug-likeness (QED) is 0.235. The Morgan fingerprint density at radius 1 is 0.564 bits per heavy atom. The number of rotatable bonds is 5. The predicted molar refractivity (Wildman–Crippen MR) is 160 cm³/mol. The summed E-state index contributed by atoms with van der Waals surface area (Å²) >= 11 is 0. The van der Waals surface area contributed by atoms with E-state index in [0.29, 0.717) is 0 Å². The molecule has 0 spiro atoms. The van der Waals surface area contributed by atoms with E-state index >= 15 is 0 Å². The summed E-state index contributed by atoms with van der Waals surface area (Å²) in [6.07, 6.45) is 0. The molecule has 0 radical (unpaired) electrons. The van der Waals surface area contributed by atoms with Crippen molar-refractivity contribution in [3.63, 3.8) is 0 Å². The van der Waals surface area contributed by atoms with Gasteiger partial charge in [-0.1, -0.05) is 91.0 Å². The van der Waals surface area contributed by atoms with Crippen LogP contribution >= 0.6 is 0 Å². The number of furan rings is 1. The lowest BCUT2D eigenvalue weighted by atomic mass is 10.1. The Morgan fingerprint density at radius 3 is 2.10 bits per heavy atom. The van der Waals surface area contributed by atoms with Crippen LogP contribution in [0.3, 0.4) is 0 Å². The maximum absolute atomic E-state index is 6.32. The molecule has 0 fully saturated rings. The highest BCUT2D eigenvalue weighted by atomic mass is 16.3. The van der Waals surface area contributed by atoms with Gasteiger partial charge in [0.25, 0.3) is 0 Å². The second-order valence-corrected chi connectivity index (χ2v) is 9.53. The molecule has 0 N–H and O–H groups in total. The van der Waals surface area contributed by atoms with E-state index < -0.39 is 0 Å². The van der Waals surface area contributed by atoms with Crippen molar-refractivity contribution >= 4 is 39.3 Å². The number of benzene rings is 4. The molecule has 0 atom stereocenters. The largest absolute Gasteiger partial charge is 0.455 e. The molecule has 0 bridgehead atoms. The molecule has 3 aromatic heterocycles. The number of anilines is 3. The fourth-order valence-electron chi connectivity index (χ4n) is 5.14. The Hall–Kier alpha value is -5.22. The molecule has 4 heteroatoms. The summed E-state index contributed by atoms with van der Waals surface area (Å²) in [6.45, 7) is 2.10. The number of aromatic nitrogens is 2. The molecule has 0 aliphatic heterocycles. The van der Waals surface area contributed by atoms with Crippen LogP contribution in [0.2, 0.25) is 0 Å². The van der Waals surface area contributed by atoms with Crippen LogP contribution in [0.25, 0.3) is 44.5 Å². The van der Waals surface area contributed by atoms with E-state index in [-0.39, 0.29) is 0 Å². The molecule has 39 heavy (non-hydrogen) atoms. The lowest BCUT2D eigenvalue weighted by Crippen LogP contribution is -2.14. The summed E-state index contributed by atoms with van der Waals surface area (Å²) in [4.78, 5) is 12.4. The minimum Gasteiger partial charge on any atom is -0.455 e. The van der Waals surface area contributed by atoms with Gasteiger partial charge in [-0.05, 0) is 55.0 Å². The molecular formula is C35H25N3O. The van der Waals surface area contributed by atoms with Crippen LogP contribution in [0.15, 0.2) is 138 Å². The van der Waals surface area contributed by atoms with Gasteiger partial charge in [-0.15, -0.1) is 0 Å². The van der Waals surface area contributed by atoms with Crippen molar-refractivity contribution in [2.75, 3.05) is 4.90 Å². The Labute approximate surface area is 226 Å². The number of nitrogens with zero attached hydrogens (tertiary/aromatic N) is 3. The van der Waals surface area contributed by atoms with Gasteiger partial charge in [-0.2, -0.15) is 0 Å². The summed E-state index contributed by atoms with van der Waals surface area (Å²) in [5.41, 5.74) is 7.67. The average molecular weight is 504 g/mol. The molecule has 0 aliphatic carbocycles. The van der Waals surface area contributed by atoms with Gasteiger partial charge in [0, 0.05) is 27.6 Å². The van der Waals surface area contributed by atoms with Gasteiger partial charge in [0.15, 0.2) is 0 Å². The molecule has 3 heterocycles. The first kappa shape index (κ1) is 22.9. The van der Waals surface area contributed by atoms with E-state index in [4.69, 9.17) is 14.4 Å². The second-order valence-electron chi connectivity index (χ2n) is 9.53. The number of para-hydroxylation sites is 3. The molecule has 7 rings (SSSR count). The van der Waals surface area contributed by atoms with Crippen LogP contribution in [-0.2, 0) is 0 Å². The van der Waals surface area contributed by atoms with Crippen molar-refractivity contribution in [1.29, 1.82) is 0 Å². The van der Waals surface area contributed by atoms with Gasteiger partial charge >= 0.3 is 0 Å². The van der Waals surface area contributed by atoms with Crippen LogP contribution in [-0.4, -0.2) is 9.97 Å². The standard InChI is InChI=1S/C35H25N3O/c1-24-22-23-33(37-34(24)25-12-4-2-5-13-25)38(26-14-6-3-7-15-26)32-21-11-19-30(36-32)29-18-10-17-28-27-16-8-9-20-31(27)39-35(28)29/h2-23H,1H3. The molecule has 4 aromatic carbocycles. The summed E-state index contributed by atoms with van der Waals surface area (Å²) in [7, 11) is 0. The zero-order chi connectivity index (χ0) is 26.2. The van der Waals surface area contributed by atoms with Gasteiger partial charge in [0.2, 0.25) is 0 Å². The van der Waals surface area contributed by atoms with Gasteiger partial charge in [0.1, 0.15) is 22.8 Å². The third-order valence-electron chi connectivity index (χ3n) is 7.02. The molecule has 186 valence electrons. The molecule has 0 unspecified atom stereocenters. The van der Waals surface area contributed by atoms with Crippen molar-refractivity contribution in [3.05, 3.63) is 139 Å². The molecular weight excluding hydrogens is 478 g/mol. The van der Waals surface area contributed by atoms with Crippen molar-refractivity contribution in [2.24, 2.45) is 0 Å². The van der Waals surface area contributed by atoms with Gasteiger partial charge in [0.05, 0.1) is 11.4 Å². The molecule has 4 nitrogen and oxygen atoms in total. The van der Waals surface area contributed by atoms with Crippen LogP contribution in [0, 0.1) is 6.92 Å². The van der Waals surface area contributed by atoms with Crippen molar-refractivity contribution in [3.8, 4) is 22.5 Å². The normalized spacial score (nSPS) is 11.2. The number of aryl methyl sites for hydroxylation is 1. The van der Waals surface area contributed by atoms with E-state index in [1.165, 1.54) is 0 Å². The topological polar surface area (TPSA) is 42.2 Å². The number of pyridine rings is 2. The van der Waals surface area contributed by atoms with E-state index in [1.807, 2.05) is 72.8 Å².